The lowest BCUT2D eigenvalue weighted by molar-refractivity contribution is 0.475. The second-order valence-corrected chi connectivity index (χ2v) is 4.21. The Labute approximate surface area is 85.3 Å². The molecule has 1 aromatic rings. The Morgan fingerprint density at radius 2 is 1.86 bits per heavy atom. The van der Waals surface area contributed by atoms with E-state index in [0.29, 0.717) is 5.92 Å². The van der Waals surface area contributed by atoms with Crippen LogP contribution in [-0.4, -0.2) is 6.54 Å². The van der Waals surface area contributed by atoms with Crippen LogP contribution in [0.2, 0.25) is 0 Å². The lowest BCUT2D eigenvalue weighted by Gasteiger charge is -2.08. The standard InChI is InChI=1S/C12H18N2/c13-8-9-1-3-10-5-6-12(14)7-11(10)4-2-9/h5-7,9H,1-4,8,13-14H2. The van der Waals surface area contributed by atoms with Gasteiger partial charge in [-0.2, -0.15) is 0 Å². The van der Waals surface area contributed by atoms with Gasteiger partial charge in [-0.15, -0.1) is 0 Å². The quantitative estimate of drug-likeness (QED) is 0.523. The van der Waals surface area contributed by atoms with Crippen LogP contribution < -0.4 is 11.5 Å². The van der Waals surface area contributed by atoms with Crippen molar-refractivity contribution in [3.8, 4) is 0 Å². The number of benzene rings is 1. The molecule has 0 aromatic heterocycles. The van der Waals surface area contributed by atoms with Crippen molar-refractivity contribution >= 4 is 5.69 Å². The van der Waals surface area contributed by atoms with E-state index in [2.05, 4.69) is 12.1 Å². The summed E-state index contributed by atoms with van der Waals surface area (Å²) in [5.41, 5.74) is 15.3. The minimum Gasteiger partial charge on any atom is -0.399 e. The molecule has 0 fully saturated rings. The molecule has 4 N–H and O–H groups in total. The van der Waals surface area contributed by atoms with Gasteiger partial charge in [-0.05, 0) is 61.4 Å². The highest BCUT2D eigenvalue weighted by atomic mass is 14.6. The smallest absolute Gasteiger partial charge is 0.0316 e. The first kappa shape index (κ1) is 9.53. The maximum atomic E-state index is 5.78. The zero-order valence-electron chi connectivity index (χ0n) is 8.50. The zero-order valence-corrected chi connectivity index (χ0v) is 8.50. The SMILES string of the molecule is NCC1CCc2ccc(N)cc2CC1. The summed E-state index contributed by atoms with van der Waals surface area (Å²) in [5.74, 6) is 0.698. The highest BCUT2D eigenvalue weighted by Crippen LogP contribution is 2.25. The number of rotatable bonds is 1. The van der Waals surface area contributed by atoms with Crippen LogP contribution in [-0.2, 0) is 12.8 Å². The van der Waals surface area contributed by atoms with E-state index < -0.39 is 0 Å². The summed E-state index contributed by atoms with van der Waals surface area (Å²) in [6, 6.07) is 6.29. The molecular formula is C12H18N2. The van der Waals surface area contributed by atoms with Crippen molar-refractivity contribution in [1.29, 1.82) is 0 Å². The van der Waals surface area contributed by atoms with Gasteiger partial charge >= 0.3 is 0 Å². The Hall–Kier alpha value is -1.02. The Morgan fingerprint density at radius 3 is 2.57 bits per heavy atom. The molecule has 0 saturated heterocycles. The van der Waals surface area contributed by atoms with Gasteiger partial charge in [0.25, 0.3) is 0 Å². The lowest BCUT2D eigenvalue weighted by atomic mass is 10.0. The van der Waals surface area contributed by atoms with Gasteiger partial charge in [-0.3, -0.25) is 0 Å². The molecule has 0 spiro atoms. The third-order valence-corrected chi connectivity index (χ3v) is 3.21. The van der Waals surface area contributed by atoms with Crippen LogP contribution in [0.25, 0.3) is 0 Å². The molecule has 2 heteroatoms. The Kier molecular flexibility index (Phi) is 2.73. The number of fused-ring (bicyclic) bond motifs is 1. The van der Waals surface area contributed by atoms with E-state index in [1.807, 2.05) is 6.07 Å². The van der Waals surface area contributed by atoms with E-state index in [1.165, 1.54) is 24.0 Å². The Balaban J connectivity index is 2.21. The van der Waals surface area contributed by atoms with Gasteiger partial charge in [-0.1, -0.05) is 6.07 Å². The monoisotopic (exact) mass is 190 g/mol. The van der Waals surface area contributed by atoms with Crippen molar-refractivity contribution in [2.45, 2.75) is 25.7 Å². The third-order valence-electron chi connectivity index (χ3n) is 3.21. The van der Waals surface area contributed by atoms with Crippen LogP contribution >= 0.6 is 0 Å². The average molecular weight is 190 g/mol. The molecule has 0 amide bonds. The molecular weight excluding hydrogens is 172 g/mol. The van der Waals surface area contributed by atoms with Crippen molar-refractivity contribution in [1.82, 2.24) is 0 Å². The number of anilines is 1. The fraction of sp³-hybridized carbons (Fsp3) is 0.500. The Bertz CT molecular complexity index is 320. The minimum absolute atomic E-state index is 0.698. The molecule has 14 heavy (non-hydrogen) atoms. The second-order valence-electron chi connectivity index (χ2n) is 4.21. The molecule has 0 heterocycles. The number of hydrogen-bond donors (Lipinski definition) is 2. The molecule has 1 aliphatic rings. The normalized spacial score (nSPS) is 21.4. The van der Waals surface area contributed by atoms with Crippen LogP contribution in [0.5, 0.6) is 0 Å². The summed E-state index contributed by atoms with van der Waals surface area (Å²) in [5, 5.41) is 0. The highest BCUT2D eigenvalue weighted by Gasteiger charge is 2.14. The summed E-state index contributed by atoms with van der Waals surface area (Å²) >= 11 is 0. The number of nitrogen functional groups attached to an aromatic ring is 1. The molecule has 0 bridgehead atoms. The fourth-order valence-corrected chi connectivity index (χ4v) is 2.22. The molecule has 76 valence electrons. The van der Waals surface area contributed by atoms with Crippen molar-refractivity contribution in [2.24, 2.45) is 11.7 Å². The molecule has 0 radical (unpaired) electrons. The van der Waals surface area contributed by atoms with Gasteiger partial charge in [0.1, 0.15) is 0 Å². The number of aryl methyl sites for hydroxylation is 2. The first-order valence-electron chi connectivity index (χ1n) is 5.37. The van der Waals surface area contributed by atoms with Gasteiger partial charge in [0.2, 0.25) is 0 Å². The van der Waals surface area contributed by atoms with Gasteiger partial charge in [0.15, 0.2) is 0 Å². The molecule has 1 unspecified atom stereocenters. The van der Waals surface area contributed by atoms with Gasteiger partial charge in [0, 0.05) is 5.69 Å². The molecule has 2 rings (SSSR count). The summed E-state index contributed by atoms with van der Waals surface area (Å²) in [4.78, 5) is 0. The van der Waals surface area contributed by atoms with Crippen molar-refractivity contribution in [3.05, 3.63) is 29.3 Å². The van der Waals surface area contributed by atoms with E-state index in [4.69, 9.17) is 11.5 Å². The summed E-state index contributed by atoms with van der Waals surface area (Å²) in [7, 11) is 0. The fourth-order valence-electron chi connectivity index (χ4n) is 2.22. The van der Waals surface area contributed by atoms with E-state index in [-0.39, 0.29) is 0 Å². The second kappa shape index (κ2) is 4.01. The summed E-state index contributed by atoms with van der Waals surface area (Å²) < 4.78 is 0. The summed E-state index contributed by atoms with van der Waals surface area (Å²) in [6.45, 7) is 0.823. The maximum Gasteiger partial charge on any atom is 0.0316 e. The van der Waals surface area contributed by atoms with E-state index in [0.717, 1.165) is 25.1 Å². The number of hydrogen-bond acceptors (Lipinski definition) is 2. The molecule has 1 aromatic carbocycles. The third kappa shape index (κ3) is 1.90. The van der Waals surface area contributed by atoms with Gasteiger partial charge in [-0.25, -0.2) is 0 Å². The van der Waals surface area contributed by atoms with Crippen molar-refractivity contribution in [3.63, 3.8) is 0 Å². The van der Waals surface area contributed by atoms with E-state index >= 15 is 0 Å². The first-order chi connectivity index (χ1) is 6.79. The molecule has 0 aliphatic heterocycles. The maximum absolute atomic E-state index is 5.78. The minimum atomic E-state index is 0.698. The lowest BCUT2D eigenvalue weighted by Crippen LogP contribution is -2.14. The molecule has 2 nitrogen and oxygen atoms in total. The van der Waals surface area contributed by atoms with Crippen LogP contribution in [0.4, 0.5) is 5.69 Å². The molecule has 0 saturated carbocycles. The molecule has 1 aliphatic carbocycles. The topological polar surface area (TPSA) is 52.0 Å². The predicted octanol–water partition coefficient (Wildman–Crippen LogP) is 1.72. The predicted molar refractivity (Wildman–Crippen MR) is 60.0 cm³/mol. The van der Waals surface area contributed by atoms with Crippen LogP contribution in [0.15, 0.2) is 18.2 Å². The first-order valence-corrected chi connectivity index (χ1v) is 5.37. The highest BCUT2D eigenvalue weighted by molar-refractivity contribution is 5.45. The van der Waals surface area contributed by atoms with E-state index in [1.54, 1.807) is 0 Å². The Morgan fingerprint density at radius 1 is 1.14 bits per heavy atom. The van der Waals surface area contributed by atoms with Crippen molar-refractivity contribution < 1.29 is 0 Å². The van der Waals surface area contributed by atoms with E-state index in [9.17, 15) is 0 Å². The number of nitrogens with two attached hydrogens (primary N) is 2. The average Bonchev–Trinajstić information content (AvgIpc) is 2.39. The van der Waals surface area contributed by atoms with Crippen LogP contribution in [0.1, 0.15) is 24.0 Å². The van der Waals surface area contributed by atoms with Crippen LogP contribution in [0.3, 0.4) is 0 Å². The van der Waals surface area contributed by atoms with Gasteiger partial charge < -0.3 is 11.5 Å². The zero-order chi connectivity index (χ0) is 9.97. The molecule has 1 atom stereocenters. The van der Waals surface area contributed by atoms with Crippen LogP contribution in [0, 0.1) is 5.92 Å². The van der Waals surface area contributed by atoms with Gasteiger partial charge in [0.05, 0.1) is 0 Å². The van der Waals surface area contributed by atoms with Crippen molar-refractivity contribution in [2.75, 3.05) is 12.3 Å². The summed E-state index contributed by atoms with van der Waals surface area (Å²) in [6.07, 6.45) is 4.75. The largest absolute Gasteiger partial charge is 0.399 e.